The predicted octanol–water partition coefficient (Wildman–Crippen LogP) is 1.82. The van der Waals surface area contributed by atoms with Crippen molar-refractivity contribution in [2.24, 2.45) is 0 Å². The quantitative estimate of drug-likeness (QED) is 0.825. The zero-order valence-electron chi connectivity index (χ0n) is 9.03. The molecule has 0 fully saturated rings. The number of carbonyl (C=O) groups excluding carboxylic acids is 1. The lowest BCUT2D eigenvalue weighted by molar-refractivity contribution is -0.118. The molecule has 16 heavy (non-hydrogen) atoms. The van der Waals surface area contributed by atoms with Crippen molar-refractivity contribution in [2.75, 3.05) is 6.54 Å². The van der Waals surface area contributed by atoms with E-state index in [1.54, 1.807) is 6.92 Å². The van der Waals surface area contributed by atoms with Gasteiger partial charge in [0.15, 0.2) is 0 Å². The fourth-order valence-electron chi connectivity index (χ4n) is 2.36. The Hall–Kier alpha value is -1.90. The molecule has 80 valence electrons. The second-order valence-electron chi connectivity index (χ2n) is 4.13. The summed E-state index contributed by atoms with van der Waals surface area (Å²) in [4.78, 5) is 15.3. The van der Waals surface area contributed by atoms with Gasteiger partial charge in [0, 0.05) is 31.0 Å². The Morgan fingerprint density at radius 2 is 2.31 bits per heavy atom. The van der Waals surface area contributed by atoms with Crippen LogP contribution in [0.2, 0.25) is 0 Å². The van der Waals surface area contributed by atoms with Crippen LogP contribution in [-0.4, -0.2) is 17.4 Å². The third-order valence-electron chi connectivity index (χ3n) is 3.11. The van der Waals surface area contributed by atoms with E-state index in [0.29, 0.717) is 6.54 Å². The van der Waals surface area contributed by atoms with Crippen molar-refractivity contribution in [3.63, 3.8) is 0 Å². The van der Waals surface area contributed by atoms with Gasteiger partial charge in [-0.2, -0.15) is 0 Å². The van der Waals surface area contributed by atoms with Gasteiger partial charge in [-0.1, -0.05) is 18.2 Å². The highest BCUT2D eigenvalue weighted by atomic mass is 16.1. The van der Waals surface area contributed by atoms with E-state index in [4.69, 9.17) is 0 Å². The van der Waals surface area contributed by atoms with E-state index >= 15 is 0 Å². The minimum Gasteiger partial charge on any atom is -0.355 e. The Kier molecular flexibility index (Phi) is 1.93. The van der Waals surface area contributed by atoms with Crippen molar-refractivity contribution in [3.8, 4) is 0 Å². The Bertz CT molecular complexity index is 538. The molecule has 3 rings (SSSR count). The molecule has 1 aliphatic carbocycles. The highest BCUT2D eigenvalue weighted by Crippen LogP contribution is 2.42. The average Bonchev–Trinajstić information content (AvgIpc) is 2.27. The molecule has 1 heterocycles. The monoisotopic (exact) mass is 212 g/mol. The van der Waals surface area contributed by atoms with E-state index in [0.717, 1.165) is 5.69 Å². The summed E-state index contributed by atoms with van der Waals surface area (Å²) >= 11 is 0. The second kappa shape index (κ2) is 3.30. The van der Waals surface area contributed by atoms with Crippen molar-refractivity contribution >= 4 is 16.7 Å². The van der Waals surface area contributed by atoms with E-state index in [2.05, 4.69) is 28.5 Å². The van der Waals surface area contributed by atoms with Crippen LogP contribution >= 0.6 is 0 Å². The lowest BCUT2D eigenvalue weighted by Crippen LogP contribution is -2.30. The van der Waals surface area contributed by atoms with Gasteiger partial charge < -0.3 is 5.32 Å². The first-order valence-corrected chi connectivity index (χ1v) is 5.39. The fourth-order valence-corrected chi connectivity index (χ4v) is 2.36. The molecule has 1 unspecified atom stereocenters. The minimum absolute atomic E-state index is 0.0107. The van der Waals surface area contributed by atoms with E-state index in [-0.39, 0.29) is 11.8 Å². The summed E-state index contributed by atoms with van der Waals surface area (Å²) in [6, 6.07) is 8.29. The smallest absolute Gasteiger partial charge is 0.216 e. The number of hydrogen-bond donors (Lipinski definition) is 1. The van der Waals surface area contributed by atoms with Crippen LogP contribution in [0.4, 0.5) is 0 Å². The molecule has 3 heteroatoms. The normalized spacial score (nSPS) is 16.9. The highest BCUT2D eigenvalue weighted by Gasteiger charge is 2.29. The molecule has 0 bridgehead atoms. The maximum Gasteiger partial charge on any atom is 0.216 e. The summed E-state index contributed by atoms with van der Waals surface area (Å²) in [5.41, 5.74) is 2.41. The zero-order chi connectivity index (χ0) is 11.1. The molecule has 1 N–H and O–H groups in total. The number of nitrogens with one attached hydrogen (secondary N) is 1. The first-order valence-electron chi connectivity index (χ1n) is 5.39. The number of benzene rings is 1. The number of amides is 1. The Morgan fingerprint density at radius 3 is 3.12 bits per heavy atom. The van der Waals surface area contributed by atoms with Gasteiger partial charge in [0.05, 0.1) is 5.69 Å². The van der Waals surface area contributed by atoms with Crippen molar-refractivity contribution in [3.05, 3.63) is 41.7 Å². The number of hydrogen-bond acceptors (Lipinski definition) is 2. The van der Waals surface area contributed by atoms with Crippen LogP contribution in [0.15, 0.2) is 30.5 Å². The zero-order valence-corrected chi connectivity index (χ0v) is 9.03. The average molecular weight is 212 g/mol. The SMILES string of the molecule is CC(=O)NCC1c2cccc3ccnc1c23. The molecule has 0 aliphatic heterocycles. The predicted molar refractivity (Wildman–Crippen MR) is 62.3 cm³/mol. The number of carbonyl (C=O) groups is 1. The lowest BCUT2D eigenvalue weighted by atomic mass is 9.79. The molecular weight excluding hydrogens is 200 g/mol. The number of rotatable bonds is 2. The van der Waals surface area contributed by atoms with Gasteiger partial charge >= 0.3 is 0 Å². The van der Waals surface area contributed by atoms with Crippen molar-refractivity contribution in [1.29, 1.82) is 0 Å². The van der Waals surface area contributed by atoms with E-state index in [1.165, 1.54) is 16.3 Å². The first-order chi connectivity index (χ1) is 7.77. The van der Waals surface area contributed by atoms with Crippen molar-refractivity contribution in [2.45, 2.75) is 12.8 Å². The molecule has 1 aliphatic rings. The Labute approximate surface area is 93.5 Å². The van der Waals surface area contributed by atoms with Gasteiger partial charge in [-0.3, -0.25) is 9.78 Å². The first kappa shape index (κ1) is 9.33. The summed E-state index contributed by atoms with van der Waals surface area (Å²) in [6.45, 7) is 2.19. The third kappa shape index (κ3) is 1.21. The summed E-state index contributed by atoms with van der Waals surface area (Å²) in [6.07, 6.45) is 1.83. The number of aromatic nitrogens is 1. The molecule has 0 radical (unpaired) electrons. The molecular formula is C13H12N2O. The lowest BCUT2D eigenvalue weighted by Gasteiger charge is -2.29. The van der Waals surface area contributed by atoms with Crippen LogP contribution in [-0.2, 0) is 4.79 Å². The van der Waals surface area contributed by atoms with Gasteiger partial charge in [-0.25, -0.2) is 0 Å². The van der Waals surface area contributed by atoms with Crippen LogP contribution in [0.25, 0.3) is 10.8 Å². The summed E-state index contributed by atoms with van der Waals surface area (Å²) in [5, 5.41) is 5.35. The molecule has 1 aromatic heterocycles. The van der Waals surface area contributed by atoms with Crippen LogP contribution in [0.1, 0.15) is 24.1 Å². The molecule has 0 saturated heterocycles. The molecule has 1 atom stereocenters. The van der Waals surface area contributed by atoms with E-state index < -0.39 is 0 Å². The van der Waals surface area contributed by atoms with Crippen LogP contribution in [0, 0.1) is 0 Å². The summed E-state index contributed by atoms with van der Waals surface area (Å²) in [5.74, 6) is 0.278. The van der Waals surface area contributed by atoms with Crippen LogP contribution in [0.5, 0.6) is 0 Å². The minimum atomic E-state index is 0.0107. The van der Waals surface area contributed by atoms with Crippen LogP contribution in [0.3, 0.4) is 0 Å². The van der Waals surface area contributed by atoms with Crippen molar-refractivity contribution < 1.29 is 4.79 Å². The molecule has 0 saturated carbocycles. The van der Waals surface area contributed by atoms with Gasteiger partial charge in [0.25, 0.3) is 0 Å². The van der Waals surface area contributed by atoms with E-state index in [9.17, 15) is 4.79 Å². The fraction of sp³-hybridized carbons (Fsp3) is 0.231. The maximum absolute atomic E-state index is 10.9. The Balaban J connectivity index is 1.99. The molecule has 1 amide bonds. The highest BCUT2D eigenvalue weighted by molar-refractivity contribution is 5.94. The Morgan fingerprint density at radius 1 is 1.44 bits per heavy atom. The maximum atomic E-state index is 10.9. The van der Waals surface area contributed by atoms with Gasteiger partial charge in [-0.15, -0.1) is 0 Å². The number of nitrogens with zero attached hydrogens (tertiary/aromatic N) is 1. The van der Waals surface area contributed by atoms with Crippen molar-refractivity contribution in [1.82, 2.24) is 10.3 Å². The third-order valence-corrected chi connectivity index (χ3v) is 3.11. The molecule has 3 nitrogen and oxygen atoms in total. The number of pyridine rings is 1. The van der Waals surface area contributed by atoms with Gasteiger partial charge in [0.1, 0.15) is 0 Å². The molecule has 0 spiro atoms. The summed E-state index contributed by atoms with van der Waals surface area (Å²) in [7, 11) is 0. The van der Waals surface area contributed by atoms with Crippen LogP contribution < -0.4 is 5.32 Å². The topological polar surface area (TPSA) is 42.0 Å². The summed E-state index contributed by atoms with van der Waals surface area (Å²) < 4.78 is 0. The standard InChI is InChI=1S/C13H12N2O/c1-8(16)15-7-11-10-4-2-3-9-5-6-14-13(11)12(9)10/h2-6,11H,7H2,1H3,(H,15,16). The molecule has 2 aromatic rings. The largest absolute Gasteiger partial charge is 0.355 e. The van der Waals surface area contributed by atoms with Gasteiger partial charge in [0.2, 0.25) is 5.91 Å². The second-order valence-corrected chi connectivity index (χ2v) is 4.13. The molecule has 1 aromatic carbocycles. The van der Waals surface area contributed by atoms with E-state index in [1.807, 2.05) is 12.3 Å². The van der Waals surface area contributed by atoms with Gasteiger partial charge in [-0.05, 0) is 17.0 Å².